The predicted molar refractivity (Wildman–Crippen MR) is 82.1 cm³/mol. The van der Waals surface area contributed by atoms with E-state index in [2.05, 4.69) is 15.5 Å². The molecule has 1 aromatic rings. The Labute approximate surface area is 124 Å². The zero-order chi connectivity index (χ0) is 14.7. The fourth-order valence-electron chi connectivity index (χ4n) is 3.13. The molecule has 4 nitrogen and oxygen atoms in total. The Morgan fingerprint density at radius 2 is 1.95 bits per heavy atom. The molecule has 0 bridgehead atoms. The molecule has 0 atom stereocenters. The van der Waals surface area contributed by atoms with Crippen LogP contribution in [0.4, 0.5) is 15.8 Å². The van der Waals surface area contributed by atoms with Crippen LogP contribution in [0, 0.1) is 11.7 Å². The molecular weight excluding hydrogens is 269 g/mol. The summed E-state index contributed by atoms with van der Waals surface area (Å²) in [4.78, 5) is 14.2. The molecule has 0 saturated carbocycles. The zero-order valence-electron chi connectivity index (χ0n) is 12.2. The summed E-state index contributed by atoms with van der Waals surface area (Å²) in [7, 11) is 0. The van der Waals surface area contributed by atoms with Crippen LogP contribution >= 0.6 is 0 Å². The van der Waals surface area contributed by atoms with Crippen molar-refractivity contribution in [1.29, 1.82) is 0 Å². The Morgan fingerprint density at radius 1 is 1.24 bits per heavy atom. The van der Waals surface area contributed by atoms with Crippen molar-refractivity contribution < 1.29 is 9.18 Å². The predicted octanol–water partition coefficient (Wildman–Crippen LogP) is 2.36. The standard InChI is InChI=1S/C16H22FN3O/c17-14-11-13(3-4-15(14)20-9-1-2-10-20)19-16(21)12-5-7-18-8-6-12/h3-4,11-12,18H,1-2,5-10H2,(H,19,21). The minimum Gasteiger partial charge on any atom is -0.369 e. The normalized spacial score (nSPS) is 19.8. The number of nitrogens with one attached hydrogen (secondary N) is 2. The summed E-state index contributed by atoms with van der Waals surface area (Å²) >= 11 is 0. The Hall–Kier alpha value is -1.62. The van der Waals surface area contributed by atoms with E-state index in [1.54, 1.807) is 12.1 Å². The number of carbonyl (C=O) groups is 1. The highest BCUT2D eigenvalue weighted by Gasteiger charge is 2.21. The van der Waals surface area contributed by atoms with Crippen LogP contribution in [-0.4, -0.2) is 32.1 Å². The van der Waals surface area contributed by atoms with Crippen LogP contribution in [0.1, 0.15) is 25.7 Å². The van der Waals surface area contributed by atoms with E-state index in [-0.39, 0.29) is 17.6 Å². The number of hydrogen-bond donors (Lipinski definition) is 2. The van der Waals surface area contributed by atoms with Crippen molar-refractivity contribution in [1.82, 2.24) is 5.32 Å². The molecule has 0 radical (unpaired) electrons. The van der Waals surface area contributed by atoms with Crippen LogP contribution < -0.4 is 15.5 Å². The maximum absolute atomic E-state index is 14.2. The summed E-state index contributed by atoms with van der Waals surface area (Å²) in [6.07, 6.45) is 3.93. The maximum atomic E-state index is 14.2. The van der Waals surface area contributed by atoms with Crippen molar-refractivity contribution in [2.75, 3.05) is 36.4 Å². The smallest absolute Gasteiger partial charge is 0.227 e. The van der Waals surface area contributed by atoms with E-state index in [0.717, 1.165) is 51.9 Å². The van der Waals surface area contributed by atoms with Gasteiger partial charge < -0.3 is 15.5 Å². The van der Waals surface area contributed by atoms with Gasteiger partial charge in [-0.1, -0.05) is 0 Å². The Morgan fingerprint density at radius 3 is 2.62 bits per heavy atom. The van der Waals surface area contributed by atoms with Gasteiger partial charge in [0.1, 0.15) is 5.82 Å². The van der Waals surface area contributed by atoms with E-state index in [4.69, 9.17) is 0 Å². The summed E-state index contributed by atoms with van der Waals surface area (Å²) in [6, 6.07) is 5.01. The number of hydrogen-bond acceptors (Lipinski definition) is 3. The lowest BCUT2D eigenvalue weighted by Gasteiger charge is -2.22. The molecule has 114 valence electrons. The molecule has 21 heavy (non-hydrogen) atoms. The minimum atomic E-state index is -0.250. The van der Waals surface area contributed by atoms with Crippen LogP contribution in [0.2, 0.25) is 0 Å². The summed E-state index contributed by atoms with van der Waals surface area (Å²) < 4.78 is 14.2. The highest BCUT2D eigenvalue weighted by atomic mass is 19.1. The van der Waals surface area contributed by atoms with Gasteiger partial charge in [0.05, 0.1) is 5.69 Å². The molecule has 1 amide bonds. The molecule has 1 aromatic carbocycles. The van der Waals surface area contributed by atoms with Crippen LogP contribution in [0.3, 0.4) is 0 Å². The molecule has 5 heteroatoms. The van der Waals surface area contributed by atoms with Gasteiger partial charge in [-0.25, -0.2) is 4.39 Å². The lowest BCUT2D eigenvalue weighted by atomic mass is 9.97. The van der Waals surface area contributed by atoms with Gasteiger partial charge in [-0.05, 0) is 57.0 Å². The Bertz CT molecular complexity index is 508. The zero-order valence-corrected chi connectivity index (χ0v) is 12.2. The second-order valence-electron chi connectivity index (χ2n) is 5.87. The van der Waals surface area contributed by atoms with Gasteiger partial charge in [-0.15, -0.1) is 0 Å². The first-order valence-electron chi connectivity index (χ1n) is 7.80. The number of anilines is 2. The third-order valence-corrected chi connectivity index (χ3v) is 4.37. The van der Waals surface area contributed by atoms with E-state index in [9.17, 15) is 9.18 Å². The summed E-state index contributed by atoms with van der Waals surface area (Å²) in [5.41, 5.74) is 1.20. The first-order valence-corrected chi connectivity index (χ1v) is 7.80. The monoisotopic (exact) mass is 291 g/mol. The van der Waals surface area contributed by atoms with Gasteiger partial charge in [0, 0.05) is 24.7 Å². The van der Waals surface area contributed by atoms with E-state index < -0.39 is 0 Å². The summed E-state index contributed by atoms with van der Waals surface area (Å²) in [5.74, 6) is -0.211. The quantitative estimate of drug-likeness (QED) is 0.898. The number of amides is 1. The molecular formula is C16H22FN3O. The molecule has 2 heterocycles. The molecule has 2 fully saturated rings. The second-order valence-corrected chi connectivity index (χ2v) is 5.87. The lowest BCUT2D eigenvalue weighted by Crippen LogP contribution is -2.34. The van der Waals surface area contributed by atoms with Crippen LogP contribution in [-0.2, 0) is 4.79 Å². The average Bonchev–Trinajstić information content (AvgIpc) is 3.02. The topological polar surface area (TPSA) is 44.4 Å². The first-order chi connectivity index (χ1) is 10.2. The molecule has 2 aliphatic heterocycles. The van der Waals surface area contributed by atoms with E-state index in [1.165, 1.54) is 6.07 Å². The van der Waals surface area contributed by atoms with Crippen molar-refractivity contribution in [3.63, 3.8) is 0 Å². The molecule has 0 spiro atoms. The number of rotatable bonds is 3. The average molecular weight is 291 g/mol. The number of piperidine rings is 1. The van der Waals surface area contributed by atoms with Gasteiger partial charge >= 0.3 is 0 Å². The summed E-state index contributed by atoms with van der Waals surface area (Å²) in [6.45, 7) is 3.58. The number of halogens is 1. The van der Waals surface area contributed by atoms with Crippen molar-refractivity contribution in [2.24, 2.45) is 5.92 Å². The van der Waals surface area contributed by atoms with Crippen molar-refractivity contribution >= 4 is 17.3 Å². The van der Waals surface area contributed by atoms with Gasteiger partial charge in [0.25, 0.3) is 0 Å². The second kappa shape index (κ2) is 6.43. The van der Waals surface area contributed by atoms with Gasteiger partial charge in [0.15, 0.2) is 0 Å². The third kappa shape index (κ3) is 3.35. The summed E-state index contributed by atoms with van der Waals surface area (Å²) in [5, 5.41) is 6.08. The van der Waals surface area contributed by atoms with Crippen LogP contribution in [0.15, 0.2) is 18.2 Å². The molecule has 3 rings (SSSR count). The first kappa shape index (κ1) is 14.3. The molecule has 0 aromatic heterocycles. The number of nitrogens with zero attached hydrogens (tertiary/aromatic N) is 1. The molecule has 2 N–H and O–H groups in total. The van der Waals surface area contributed by atoms with Crippen molar-refractivity contribution in [3.8, 4) is 0 Å². The molecule has 2 aliphatic rings. The van der Waals surface area contributed by atoms with Crippen LogP contribution in [0.5, 0.6) is 0 Å². The van der Waals surface area contributed by atoms with E-state index >= 15 is 0 Å². The number of carbonyl (C=O) groups excluding carboxylic acids is 1. The number of benzene rings is 1. The van der Waals surface area contributed by atoms with Crippen molar-refractivity contribution in [2.45, 2.75) is 25.7 Å². The SMILES string of the molecule is O=C(Nc1ccc(N2CCCC2)c(F)c1)C1CCNCC1. The minimum absolute atomic E-state index is 0.00447. The third-order valence-electron chi connectivity index (χ3n) is 4.37. The fourth-order valence-corrected chi connectivity index (χ4v) is 3.13. The Kier molecular flexibility index (Phi) is 4.39. The largest absolute Gasteiger partial charge is 0.369 e. The molecule has 0 aliphatic carbocycles. The molecule has 2 saturated heterocycles. The van der Waals surface area contributed by atoms with Crippen LogP contribution in [0.25, 0.3) is 0 Å². The highest BCUT2D eigenvalue weighted by molar-refractivity contribution is 5.92. The van der Waals surface area contributed by atoms with E-state index in [0.29, 0.717) is 11.4 Å². The van der Waals surface area contributed by atoms with Gasteiger partial charge in [-0.3, -0.25) is 4.79 Å². The molecule has 0 unspecified atom stereocenters. The van der Waals surface area contributed by atoms with Crippen molar-refractivity contribution in [3.05, 3.63) is 24.0 Å². The fraction of sp³-hybridized carbons (Fsp3) is 0.562. The highest BCUT2D eigenvalue weighted by Crippen LogP contribution is 2.26. The maximum Gasteiger partial charge on any atom is 0.227 e. The Balaban J connectivity index is 1.65. The van der Waals surface area contributed by atoms with E-state index in [1.807, 2.05) is 0 Å². The lowest BCUT2D eigenvalue weighted by molar-refractivity contribution is -0.120. The van der Waals surface area contributed by atoms with Gasteiger partial charge in [0.2, 0.25) is 5.91 Å². The van der Waals surface area contributed by atoms with Gasteiger partial charge in [-0.2, -0.15) is 0 Å².